The van der Waals surface area contributed by atoms with Crippen molar-refractivity contribution >= 4 is 5.97 Å². The van der Waals surface area contributed by atoms with Crippen molar-refractivity contribution in [3.63, 3.8) is 0 Å². The lowest BCUT2D eigenvalue weighted by Gasteiger charge is -1.90. The van der Waals surface area contributed by atoms with Crippen LogP contribution < -0.4 is 5.73 Å². The van der Waals surface area contributed by atoms with Gasteiger partial charge in [-0.25, -0.2) is 5.73 Å². The summed E-state index contributed by atoms with van der Waals surface area (Å²) < 4.78 is 4.45. The summed E-state index contributed by atoms with van der Waals surface area (Å²) in [4.78, 5) is 10.1. The van der Waals surface area contributed by atoms with Crippen LogP contribution in [0.5, 0.6) is 0 Å². The lowest BCUT2D eigenvalue weighted by molar-refractivity contribution is -0.139. The molecule has 0 aliphatic rings. The number of esters is 1. The first kappa shape index (κ1) is 7.99. The molecular weight excluding hydrogens is 118 g/mol. The highest BCUT2D eigenvalue weighted by Crippen LogP contribution is 1.71. The second-order valence-corrected chi connectivity index (χ2v) is 1.31. The van der Waals surface area contributed by atoms with Crippen molar-refractivity contribution < 1.29 is 9.53 Å². The number of carbonyl (C=O) groups excluding carboxylic acids is 1. The quantitative estimate of drug-likeness (QED) is 0.362. The Hall–Kier alpha value is -1.01. The molecular formula is C6H8NO2. The van der Waals surface area contributed by atoms with Crippen LogP contribution in [0.15, 0.2) is 0 Å². The number of carbonyl (C=O) groups is 1. The van der Waals surface area contributed by atoms with Crippen LogP contribution in [0, 0.1) is 11.8 Å². The molecule has 0 amide bonds. The summed E-state index contributed by atoms with van der Waals surface area (Å²) in [5.74, 6) is 4.59. The SMILES string of the molecule is CC(=O)OCC#CC[NH]. The van der Waals surface area contributed by atoms with Gasteiger partial charge in [0.25, 0.3) is 0 Å². The molecule has 1 radical (unpaired) electrons. The minimum atomic E-state index is -0.339. The topological polar surface area (TPSA) is 50.1 Å². The molecule has 1 N–H and O–H groups in total. The molecule has 3 nitrogen and oxygen atoms in total. The lowest BCUT2D eigenvalue weighted by Crippen LogP contribution is -1.97. The zero-order chi connectivity index (χ0) is 7.11. The maximum atomic E-state index is 10.1. The predicted molar refractivity (Wildman–Crippen MR) is 32.4 cm³/mol. The number of ether oxygens (including phenoxy) is 1. The van der Waals surface area contributed by atoms with Crippen LogP contribution in [-0.2, 0) is 9.53 Å². The number of hydrogen-bond acceptors (Lipinski definition) is 2. The van der Waals surface area contributed by atoms with Crippen LogP contribution in [0.1, 0.15) is 6.92 Å². The first-order valence-electron chi connectivity index (χ1n) is 2.51. The molecule has 0 spiro atoms. The Morgan fingerprint density at radius 3 is 2.78 bits per heavy atom. The maximum absolute atomic E-state index is 10.1. The van der Waals surface area contributed by atoms with E-state index in [1.165, 1.54) is 6.92 Å². The normalized spacial score (nSPS) is 7.33. The van der Waals surface area contributed by atoms with E-state index in [2.05, 4.69) is 16.6 Å². The molecule has 0 saturated heterocycles. The van der Waals surface area contributed by atoms with Crippen molar-refractivity contribution in [2.75, 3.05) is 13.2 Å². The smallest absolute Gasteiger partial charge is 0.303 e. The van der Waals surface area contributed by atoms with Gasteiger partial charge < -0.3 is 4.74 Å². The van der Waals surface area contributed by atoms with Crippen molar-refractivity contribution in [2.45, 2.75) is 6.92 Å². The van der Waals surface area contributed by atoms with Crippen molar-refractivity contribution in [1.29, 1.82) is 0 Å². The number of rotatable bonds is 1. The monoisotopic (exact) mass is 126 g/mol. The Labute approximate surface area is 54.2 Å². The second kappa shape index (κ2) is 5.13. The van der Waals surface area contributed by atoms with Gasteiger partial charge in [0.2, 0.25) is 0 Å². The average molecular weight is 126 g/mol. The summed E-state index contributed by atoms with van der Waals surface area (Å²) in [6.07, 6.45) is 0. The first-order chi connectivity index (χ1) is 4.27. The molecule has 0 fully saturated rings. The molecule has 0 aromatic carbocycles. The van der Waals surface area contributed by atoms with Gasteiger partial charge in [-0.05, 0) is 0 Å². The van der Waals surface area contributed by atoms with Gasteiger partial charge in [0.15, 0.2) is 6.61 Å². The molecule has 0 aromatic heterocycles. The van der Waals surface area contributed by atoms with E-state index in [-0.39, 0.29) is 19.1 Å². The van der Waals surface area contributed by atoms with Gasteiger partial charge in [-0.3, -0.25) is 4.79 Å². The average Bonchev–Trinajstić information content (AvgIpc) is 1.80. The van der Waals surface area contributed by atoms with Gasteiger partial charge in [0, 0.05) is 6.92 Å². The summed E-state index contributed by atoms with van der Waals surface area (Å²) in [5.41, 5.74) is 6.57. The Balaban J connectivity index is 3.19. The number of hydrogen-bond donors (Lipinski definition) is 0. The van der Waals surface area contributed by atoms with Crippen LogP contribution in [0.2, 0.25) is 0 Å². The molecule has 0 aliphatic heterocycles. The van der Waals surface area contributed by atoms with E-state index in [9.17, 15) is 4.79 Å². The van der Waals surface area contributed by atoms with E-state index >= 15 is 0 Å². The summed E-state index contributed by atoms with van der Waals surface area (Å²) in [7, 11) is 0. The molecule has 49 valence electrons. The fourth-order valence-corrected chi connectivity index (χ4v) is 0.251. The Bertz CT molecular complexity index is 143. The largest absolute Gasteiger partial charge is 0.453 e. The van der Waals surface area contributed by atoms with E-state index in [1.807, 2.05) is 0 Å². The molecule has 9 heavy (non-hydrogen) atoms. The molecule has 0 rings (SSSR count). The van der Waals surface area contributed by atoms with E-state index in [0.29, 0.717) is 0 Å². The summed E-state index contributed by atoms with van der Waals surface area (Å²) in [5, 5.41) is 0. The first-order valence-corrected chi connectivity index (χ1v) is 2.51. The van der Waals surface area contributed by atoms with Crippen LogP contribution in [0.25, 0.3) is 0 Å². The van der Waals surface area contributed by atoms with Gasteiger partial charge in [0.05, 0.1) is 6.54 Å². The van der Waals surface area contributed by atoms with E-state index in [4.69, 9.17) is 5.73 Å². The van der Waals surface area contributed by atoms with Gasteiger partial charge in [0.1, 0.15) is 0 Å². The fourth-order valence-electron chi connectivity index (χ4n) is 0.251. The summed E-state index contributed by atoms with van der Waals surface area (Å²) >= 11 is 0. The maximum Gasteiger partial charge on any atom is 0.303 e. The molecule has 0 heterocycles. The van der Waals surface area contributed by atoms with Crippen molar-refractivity contribution in [3.05, 3.63) is 0 Å². The Morgan fingerprint density at radius 2 is 2.33 bits per heavy atom. The summed E-state index contributed by atoms with van der Waals surface area (Å²) in [6.45, 7) is 1.48. The van der Waals surface area contributed by atoms with Gasteiger partial charge in [-0.15, -0.1) is 0 Å². The molecule has 0 aliphatic carbocycles. The third-order valence-electron chi connectivity index (χ3n) is 0.561. The zero-order valence-corrected chi connectivity index (χ0v) is 5.23. The summed E-state index contributed by atoms with van der Waals surface area (Å²) in [6, 6.07) is 0. The molecule has 0 aromatic rings. The van der Waals surface area contributed by atoms with Crippen LogP contribution in [-0.4, -0.2) is 19.1 Å². The van der Waals surface area contributed by atoms with Crippen LogP contribution >= 0.6 is 0 Å². The Morgan fingerprint density at radius 1 is 1.67 bits per heavy atom. The number of nitrogens with one attached hydrogen (secondary N) is 1. The Kier molecular flexibility index (Phi) is 4.56. The highest BCUT2D eigenvalue weighted by atomic mass is 16.5. The molecule has 0 atom stereocenters. The standard InChI is InChI=1S/C6H8NO2/c1-6(8)9-5-3-2-4-7/h7H,4-5H2,1H3. The highest BCUT2D eigenvalue weighted by molar-refractivity contribution is 5.66. The minimum absolute atomic E-state index is 0.0568. The minimum Gasteiger partial charge on any atom is -0.453 e. The zero-order valence-electron chi connectivity index (χ0n) is 5.23. The van der Waals surface area contributed by atoms with E-state index in [1.54, 1.807) is 0 Å². The van der Waals surface area contributed by atoms with Crippen LogP contribution in [0.4, 0.5) is 0 Å². The van der Waals surface area contributed by atoms with E-state index in [0.717, 1.165) is 0 Å². The second-order valence-electron chi connectivity index (χ2n) is 1.31. The lowest BCUT2D eigenvalue weighted by atomic mass is 10.6. The van der Waals surface area contributed by atoms with Crippen molar-refractivity contribution in [3.8, 4) is 11.8 Å². The van der Waals surface area contributed by atoms with Gasteiger partial charge in [-0.1, -0.05) is 11.8 Å². The third-order valence-corrected chi connectivity index (χ3v) is 0.561. The van der Waals surface area contributed by atoms with Crippen LogP contribution in [0.3, 0.4) is 0 Å². The molecule has 0 saturated carbocycles. The molecule has 3 heteroatoms. The molecule has 0 bridgehead atoms. The molecule has 0 unspecified atom stereocenters. The fraction of sp³-hybridized carbons (Fsp3) is 0.500. The van der Waals surface area contributed by atoms with Gasteiger partial charge >= 0.3 is 5.97 Å². The van der Waals surface area contributed by atoms with Crippen molar-refractivity contribution in [2.24, 2.45) is 0 Å². The van der Waals surface area contributed by atoms with Gasteiger partial charge in [-0.2, -0.15) is 0 Å². The van der Waals surface area contributed by atoms with E-state index < -0.39 is 0 Å². The van der Waals surface area contributed by atoms with Crippen molar-refractivity contribution in [1.82, 2.24) is 5.73 Å². The third kappa shape index (κ3) is 6.99. The predicted octanol–water partition coefficient (Wildman–Crippen LogP) is -0.164. The highest BCUT2D eigenvalue weighted by Gasteiger charge is 1.84.